The molecule has 0 atom stereocenters. The number of likely N-dealkylation sites (N-methyl/N-ethyl adjacent to an activating group) is 6. The summed E-state index contributed by atoms with van der Waals surface area (Å²) >= 11 is 3.80. The normalized spacial score (nSPS) is 11.4. The Labute approximate surface area is 511 Å². The van der Waals surface area contributed by atoms with E-state index in [9.17, 15) is 69.5 Å². The molecule has 0 spiro atoms. The first-order valence-electron chi connectivity index (χ1n) is 26.4. The molecule has 0 unspecified atom stereocenters. The van der Waals surface area contributed by atoms with Crippen molar-refractivity contribution < 1.29 is 127 Å². The Balaban J connectivity index is -0.0000000800. The van der Waals surface area contributed by atoms with Gasteiger partial charge in [0.25, 0.3) is 0 Å². The van der Waals surface area contributed by atoms with Gasteiger partial charge >= 0.3 is 59.3 Å². The van der Waals surface area contributed by atoms with Crippen LogP contribution < -0.4 is 37.0 Å². The number of alkyl halides is 10. The first kappa shape index (κ1) is 105. The number of nitrogens with two attached hydrogens (primary N) is 1. The maximum atomic E-state index is 11.4. The maximum Gasteiger partial charge on any atom is 1.00 e. The standard InChI is InChI=1S/2C14H33N2.C10H24N2.C4H9Cl.C2F6NO4S2.CH2F3N.CF3.ClH.Li.2O2S/c2*1-6-11-13-16(9-4,10-5)14-12-15(7-2)8-3;1-5-11(6-2)9-10-12(7-3)8-4;1-2-3-4-5;3-1(4,5)14(10,11)9-15(12,13)2(6,7)8;2-1(3,4)5;2-1(3)4;;;2*1-3-2/h2*6-14H2,1-5H3;5-10H2,1-4H3;2-4H2,1H3;;5H2;;1H;;;/q2*+1;;;-1;;-1;;+1;;/p-1. The zero-order chi connectivity index (χ0) is 64.6. The molecule has 0 aromatic rings. The molecule has 0 rings (SSSR count). The molecular formula is C46H101Cl2F12LiN8O8S4. The van der Waals surface area contributed by atoms with Crippen molar-refractivity contribution in [2.75, 3.05) is 137 Å². The van der Waals surface area contributed by atoms with Crippen LogP contribution in [0.25, 0.3) is 4.13 Å². The van der Waals surface area contributed by atoms with E-state index in [1.54, 1.807) is 0 Å². The third kappa shape index (κ3) is 73.7. The minimum Gasteiger partial charge on any atom is -1.00 e. The molecule has 16 nitrogen and oxygen atoms in total. The van der Waals surface area contributed by atoms with Crippen LogP contribution in [0, 0.1) is 6.68 Å². The number of halogens is 14. The smallest absolute Gasteiger partial charge is 1.00 e. The molecule has 0 amide bonds. The molecule has 0 bridgehead atoms. The van der Waals surface area contributed by atoms with Gasteiger partial charge in [0.05, 0.1) is 52.4 Å². The molecule has 81 heavy (non-hydrogen) atoms. The predicted octanol–water partition coefficient (Wildman–Crippen LogP) is 5.20. The molecule has 0 saturated carbocycles. The van der Waals surface area contributed by atoms with E-state index < -0.39 is 67.2 Å². The second-order valence-electron chi connectivity index (χ2n) is 16.5. The largest absolute Gasteiger partial charge is 1.00 e. The van der Waals surface area contributed by atoms with Gasteiger partial charge in [0.15, 0.2) is 26.7 Å². The van der Waals surface area contributed by atoms with E-state index in [1.165, 1.54) is 172 Å². The summed E-state index contributed by atoms with van der Waals surface area (Å²) in [5.74, 6) is 0.816. The summed E-state index contributed by atoms with van der Waals surface area (Å²) in [6.07, 6.45) is 3.27. The topological polar surface area (TPSA) is 190 Å². The Morgan fingerprint density at radius 3 is 0.765 bits per heavy atom. The average molecular weight is 1330 g/mol. The molecule has 2 N–H and O–H groups in total. The molecule has 0 aromatic heterocycles. The van der Waals surface area contributed by atoms with Crippen LogP contribution in [0.3, 0.4) is 0 Å². The SMILES string of the molecule is CCCCCl.CCCC[N+](CC)(CC)CCN(CC)CC.CCCC[N+](CC)(CC)CCN(CC)CC.CCN(CC)CCN(CC)CC.F[C-](F)F.NC(F)(F)F.O=S(=O)([N-]S(=O)(=O)C(F)(F)F)C(F)(F)F.O=S=O.O=S=O.[Cl-].[Li+]. The number of hydrogen-bond donors (Lipinski definition) is 1. The van der Waals surface area contributed by atoms with Crippen molar-refractivity contribution >= 4 is 54.8 Å². The summed E-state index contributed by atoms with van der Waals surface area (Å²) < 4.78 is 204. The number of nitrogens with zero attached hydrogens (tertiary/aromatic N) is 7. The fourth-order valence-electron chi connectivity index (χ4n) is 6.42. The summed E-state index contributed by atoms with van der Waals surface area (Å²) in [5, 5.41) is 0. The van der Waals surface area contributed by atoms with Gasteiger partial charge in [-0.3, -0.25) is 9.80 Å². The van der Waals surface area contributed by atoms with Gasteiger partial charge in [-0.1, -0.05) is 95.4 Å². The predicted molar refractivity (Wildman–Crippen MR) is 297 cm³/mol. The summed E-state index contributed by atoms with van der Waals surface area (Å²) in [4.78, 5) is 10.0. The van der Waals surface area contributed by atoms with Crippen LogP contribution >= 0.6 is 11.6 Å². The first-order chi connectivity index (χ1) is 36.3. The average Bonchev–Trinajstić information content (AvgIpc) is 3.35. The third-order valence-electron chi connectivity index (χ3n) is 12.0. The van der Waals surface area contributed by atoms with Gasteiger partial charge in [0, 0.05) is 32.1 Å². The van der Waals surface area contributed by atoms with E-state index in [4.69, 9.17) is 28.4 Å². The van der Waals surface area contributed by atoms with Crippen LogP contribution in [0.2, 0.25) is 0 Å². The molecule has 0 aliphatic carbocycles. The zero-order valence-corrected chi connectivity index (χ0v) is 55.8. The second-order valence-corrected chi connectivity index (χ2v) is 20.6. The van der Waals surface area contributed by atoms with Crippen LogP contribution in [-0.4, -0.2) is 216 Å². The number of hydrogen-bond acceptors (Lipinski definition) is 13. The molecule has 35 heteroatoms. The van der Waals surface area contributed by atoms with Gasteiger partial charge in [-0.05, 0) is 99.3 Å². The van der Waals surface area contributed by atoms with E-state index in [2.05, 4.69) is 129 Å². The van der Waals surface area contributed by atoms with Crippen LogP contribution in [0.1, 0.15) is 142 Å². The molecule has 0 fully saturated rings. The number of quaternary nitrogens is 2. The van der Waals surface area contributed by atoms with Crippen LogP contribution in [0.15, 0.2) is 0 Å². The Bertz CT molecular complexity index is 1490. The molecule has 0 radical (unpaired) electrons. The quantitative estimate of drug-likeness (QED) is 0.0239. The van der Waals surface area contributed by atoms with Crippen molar-refractivity contribution in [3.63, 3.8) is 0 Å². The van der Waals surface area contributed by atoms with Crippen molar-refractivity contribution in [3.8, 4) is 0 Å². The van der Waals surface area contributed by atoms with Crippen molar-refractivity contribution in [1.82, 2.24) is 19.6 Å². The van der Waals surface area contributed by atoms with Crippen molar-refractivity contribution in [1.29, 1.82) is 0 Å². The fourth-order valence-corrected chi connectivity index (χ4v) is 8.40. The van der Waals surface area contributed by atoms with Crippen molar-refractivity contribution in [3.05, 3.63) is 10.8 Å². The van der Waals surface area contributed by atoms with Crippen molar-refractivity contribution in [2.24, 2.45) is 5.73 Å². The fraction of sp³-hybridized carbons (Fsp3) is 0.978. The molecule has 0 saturated heterocycles. The Kier molecular flexibility index (Phi) is 85.3. The number of unbranched alkanes of at least 4 members (excludes halogenated alkanes) is 3. The molecular weight excluding hydrogens is 1230 g/mol. The molecule has 0 heterocycles. The van der Waals surface area contributed by atoms with Crippen LogP contribution in [0.4, 0.5) is 52.7 Å². The van der Waals surface area contributed by atoms with Gasteiger partial charge in [0.2, 0.25) is 0 Å². The Morgan fingerprint density at radius 2 is 0.642 bits per heavy atom. The molecule has 0 aliphatic rings. The number of sulfonamides is 2. The molecule has 496 valence electrons. The maximum absolute atomic E-state index is 11.4. The number of rotatable bonds is 31. The van der Waals surface area contributed by atoms with Crippen LogP contribution in [-0.2, 0) is 43.2 Å². The van der Waals surface area contributed by atoms with E-state index in [0.717, 1.165) is 16.4 Å². The molecule has 0 aliphatic heterocycles. The second kappa shape index (κ2) is 65.5. The van der Waals surface area contributed by atoms with Gasteiger partial charge in [-0.2, -0.15) is 56.3 Å². The summed E-state index contributed by atoms with van der Waals surface area (Å²) in [6, 6.07) is 0. The van der Waals surface area contributed by atoms with Gasteiger partial charge in [-0.25, -0.2) is 22.6 Å². The zero-order valence-electron chi connectivity index (χ0n) is 51.0. The van der Waals surface area contributed by atoms with E-state index in [1.807, 2.05) is 0 Å². The van der Waals surface area contributed by atoms with Crippen LogP contribution in [0.5, 0.6) is 0 Å². The third-order valence-corrected chi connectivity index (χ3v) is 15.0. The first-order valence-corrected chi connectivity index (χ1v) is 31.1. The Hall–Kier alpha value is -0.443. The summed E-state index contributed by atoms with van der Waals surface area (Å²) in [6.45, 7) is 56.0. The monoisotopic (exact) mass is 1330 g/mol. The van der Waals surface area contributed by atoms with Crippen molar-refractivity contribution in [2.45, 2.75) is 160 Å². The minimum atomic E-state index is -6.72. The Morgan fingerprint density at radius 1 is 0.457 bits per heavy atom. The van der Waals surface area contributed by atoms with E-state index >= 15 is 0 Å². The van der Waals surface area contributed by atoms with Gasteiger partial charge < -0.3 is 48.5 Å². The van der Waals surface area contributed by atoms with E-state index in [0.29, 0.717) is 0 Å². The minimum absolute atomic E-state index is 0. The molecule has 0 aromatic carbocycles. The van der Waals surface area contributed by atoms with E-state index in [-0.39, 0.29) is 31.3 Å². The van der Waals surface area contributed by atoms with Gasteiger partial charge in [-0.15, -0.1) is 11.6 Å². The van der Waals surface area contributed by atoms with Gasteiger partial charge in [0.1, 0.15) is 0 Å². The summed E-state index contributed by atoms with van der Waals surface area (Å²) in [7, 11) is -13.4. The summed E-state index contributed by atoms with van der Waals surface area (Å²) in [5.41, 5.74) is -9.05.